The molecule has 1 aliphatic rings. The van der Waals surface area contributed by atoms with Crippen LogP contribution in [0.5, 0.6) is 0 Å². The van der Waals surface area contributed by atoms with Gasteiger partial charge < -0.3 is 9.42 Å². The fraction of sp³-hybridized carbons (Fsp3) is 0.174. The Morgan fingerprint density at radius 3 is 2.69 bits per heavy atom. The lowest BCUT2D eigenvalue weighted by Crippen LogP contribution is -2.30. The Bertz CT molecular complexity index is 1180. The van der Waals surface area contributed by atoms with Crippen molar-refractivity contribution in [2.75, 3.05) is 6.54 Å². The predicted octanol–water partition coefficient (Wildman–Crippen LogP) is 5.01. The van der Waals surface area contributed by atoms with Gasteiger partial charge in [0.05, 0.1) is 0 Å². The van der Waals surface area contributed by atoms with Gasteiger partial charge in [-0.2, -0.15) is 4.98 Å². The Morgan fingerprint density at radius 1 is 1.03 bits per heavy atom. The number of nitrogens with zero attached hydrogens (tertiary/aromatic N) is 3. The van der Waals surface area contributed by atoms with Crippen LogP contribution in [0.15, 0.2) is 71.3 Å². The first-order chi connectivity index (χ1) is 14.2. The summed E-state index contributed by atoms with van der Waals surface area (Å²) in [6.07, 6.45) is 1.64. The zero-order valence-electron chi connectivity index (χ0n) is 15.6. The van der Waals surface area contributed by atoms with Gasteiger partial charge in [-0.25, -0.2) is 4.39 Å². The second-order valence-corrected chi connectivity index (χ2v) is 7.15. The lowest BCUT2D eigenvalue weighted by atomic mass is 10.0. The van der Waals surface area contributed by atoms with E-state index in [0.717, 1.165) is 23.6 Å². The average molecular weight is 387 g/mol. The fourth-order valence-corrected chi connectivity index (χ4v) is 3.92. The van der Waals surface area contributed by atoms with Crippen molar-refractivity contribution in [1.82, 2.24) is 15.0 Å². The van der Waals surface area contributed by atoms with Gasteiger partial charge in [-0.05, 0) is 53.9 Å². The van der Waals surface area contributed by atoms with Crippen LogP contribution in [-0.2, 0) is 0 Å². The summed E-state index contributed by atoms with van der Waals surface area (Å²) in [7, 11) is 0. The maximum atomic E-state index is 13.4. The summed E-state index contributed by atoms with van der Waals surface area (Å²) in [5, 5.41) is 6.00. The summed E-state index contributed by atoms with van der Waals surface area (Å²) in [6.45, 7) is 0.640. The fourth-order valence-electron chi connectivity index (χ4n) is 3.92. The lowest BCUT2D eigenvalue weighted by molar-refractivity contribution is 0.0712. The summed E-state index contributed by atoms with van der Waals surface area (Å²) in [5.41, 5.74) is 1.35. The third-order valence-electron chi connectivity index (χ3n) is 5.36. The SMILES string of the molecule is O=C(c1cccc2ccccc12)N1CCCC1c1nc(-c2ccc(F)cc2)no1. The standard InChI is InChI=1S/C23H18FN3O2/c24-17-12-10-16(11-13-17)21-25-22(29-26-21)20-9-4-14-27(20)23(28)19-8-3-6-15-5-1-2-7-18(15)19/h1-3,5-8,10-13,20H,4,9,14H2. The van der Waals surface area contributed by atoms with Crippen LogP contribution in [0, 0.1) is 5.82 Å². The van der Waals surface area contributed by atoms with E-state index in [1.807, 2.05) is 47.4 Å². The average Bonchev–Trinajstić information content (AvgIpc) is 3.43. The van der Waals surface area contributed by atoms with Crippen LogP contribution >= 0.6 is 0 Å². The van der Waals surface area contributed by atoms with Gasteiger partial charge >= 0.3 is 0 Å². The highest BCUT2D eigenvalue weighted by Crippen LogP contribution is 2.34. The minimum atomic E-state index is -0.319. The summed E-state index contributed by atoms with van der Waals surface area (Å²) >= 11 is 0. The van der Waals surface area contributed by atoms with Crippen molar-refractivity contribution in [1.29, 1.82) is 0 Å². The number of hydrogen-bond acceptors (Lipinski definition) is 4. The number of fused-ring (bicyclic) bond motifs is 1. The van der Waals surface area contributed by atoms with Gasteiger partial charge in [-0.15, -0.1) is 0 Å². The van der Waals surface area contributed by atoms with Crippen molar-refractivity contribution in [3.05, 3.63) is 84.0 Å². The molecule has 144 valence electrons. The maximum absolute atomic E-state index is 13.4. The molecule has 1 aliphatic heterocycles. The van der Waals surface area contributed by atoms with E-state index in [4.69, 9.17) is 4.52 Å². The molecule has 1 fully saturated rings. The molecule has 4 aromatic rings. The number of carbonyl (C=O) groups is 1. The molecule has 1 amide bonds. The third kappa shape index (κ3) is 3.16. The number of aromatic nitrogens is 2. The summed E-state index contributed by atoms with van der Waals surface area (Å²) in [6, 6.07) is 19.3. The number of benzene rings is 3. The number of carbonyl (C=O) groups excluding carboxylic acids is 1. The first-order valence-corrected chi connectivity index (χ1v) is 9.59. The molecular weight excluding hydrogens is 369 g/mol. The van der Waals surface area contributed by atoms with Crippen LogP contribution in [0.4, 0.5) is 4.39 Å². The quantitative estimate of drug-likeness (QED) is 0.496. The van der Waals surface area contributed by atoms with E-state index >= 15 is 0 Å². The number of likely N-dealkylation sites (tertiary alicyclic amines) is 1. The largest absolute Gasteiger partial charge is 0.337 e. The molecule has 1 saturated heterocycles. The Kier molecular flexibility index (Phi) is 4.31. The molecule has 1 aromatic heterocycles. The monoisotopic (exact) mass is 387 g/mol. The van der Waals surface area contributed by atoms with Gasteiger partial charge in [-0.1, -0.05) is 41.6 Å². The van der Waals surface area contributed by atoms with Gasteiger partial charge in [-0.3, -0.25) is 4.79 Å². The molecule has 0 N–H and O–H groups in total. The van der Waals surface area contributed by atoms with Crippen LogP contribution in [0.25, 0.3) is 22.2 Å². The molecule has 0 spiro atoms. The molecule has 5 nitrogen and oxygen atoms in total. The minimum Gasteiger partial charge on any atom is -0.337 e. The van der Waals surface area contributed by atoms with Gasteiger partial charge in [0.2, 0.25) is 11.7 Å². The van der Waals surface area contributed by atoms with Gasteiger partial charge in [0.15, 0.2) is 0 Å². The van der Waals surface area contributed by atoms with Crippen LogP contribution in [0.1, 0.15) is 35.1 Å². The predicted molar refractivity (Wildman–Crippen MR) is 107 cm³/mol. The highest BCUT2D eigenvalue weighted by molar-refractivity contribution is 6.07. The lowest BCUT2D eigenvalue weighted by Gasteiger charge is -2.22. The number of rotatable bonds is 3. The molecule has 0 radical (unpaired) electrons. The highest BCUT2D eigenvalue weighted by Gasteiger charge is 2.35. The zero-order valence-corrected chi connectivity index (χ0v) is 15.6. The van der Waals surface area contributed by atoms with Crippen molar-refractivity contribution < 1.29 is 13.7 Å². The Morgan fingerprint density at radius 2 is 1.83 bits per heavy atom. The van der Waals surface area contributed by atoms with Crippen molar-refractivity contribution in [3.8, 4) is 11.4 Å². The first-order valence-electron chi connectivity index (χ1n) is 9.59. The minimum absolute atomic E-state index is 0.0363. The van der Waals surface area contributed by atoms with E-state index < -0.39 is 0 Å². The second-order valence-electron chi connectivity index (χ2n) is 7.15. The summed E-state index contributed by atoms with van der Waals surface area (Å²) < 4.78 is 18.6. The smallest absolute Gasteiger partial charge is 0.255 e. The molecule has 2 heterocycles. The van der Waals surface area contributed by atoms with Gasteiger partial charge in [0.25, 0.3) is 5.91 Å². The van der Waals surface area contributed by atoms with Crippen LogP contribution in [0.2, 0.25) is 0 Å². The van der Waals surface area contributed by atoms with Crippen molar-refractivity contribution in [2.24, 2.45) is 0 Å². The third-order valence-corrected chi connectivity index (χ3v) is 5.36. The maximum Gasteiger partial charge on any atom is 0.255 e. The summed E-state index contributed by atoms with van der Waals surface area (Å²) in [4.78, 5) is 19.6. The topological polar surface area (TPSA) is 59.2 Å². The molecule has 3 aromatic carbocycles. The number of amides is 1. The molecule has 0 saturated carbocycles. The molecule has 5 rings (SSSR count). The van der Waals surface area contributed by atoms with Crippen LogP contribution < -0.4 is 0 Å². The van der Waals surface area contributed by atoms with E-state index in [0.29, 0.717) is 29.4 Å². The van der Waals surface area contributed by atoms with E-state index in [9.17, 15) is 9.18 Å². The van der Waals surface area contributed by atoms with E-state index in [1.165, 1.54) is 12.1 Å². The number of halogens is 1. The molecular formula is C23H18FN3O2. The molecule has 1 unspecified atom stereocenters. The van der Waals surface area contributed by atoms with Crippen LogP contribution in [-0.4, -0.2) is 27.5 Å². The molecule has 1 atom stereocenters. The van der Waals surface area contributed by atoms with Crippen molar-refractivity contribution in [3.63, 3.8) is 0 Å². The van der Waals surface area contributed by atoms with E-state index in [1.54, 1.807) is 12.1 Å². The number of hydrogen-bond donors (Lipinski definition) is 0. The van der Waals surface area contributed by atoms with E-state index in [-0.39, 0.29) is 17.8 Å². The Labute approximate surface area is 166 Å². The van der Waals surface area contributed by atoms with Gasteiger partial charge in [0, 0.05) is 17.7 Å². The van der Waals surface area contributed by atoms with E-state index in [2.05, 4.69) is 10.1 Å². The Hall–Kier alpha value is -3.54. The highest BCUT2D eigenvalue weighted by atomic mass is 19.1. The zero-order chi connectivity index (χ0) is 19.8. The molecule has 0 bridgehead atoms. The van der Waals surface area contributed by atoms with Crippen molar-refractivity contribution in [2.45, 2.75) is 18.9 Å². The Balaban J connectivity index is 1.46. The molecule has 29 heavy (non-hydrogen) atoms. The van der Waals surface area contributed by atoms with Crippen LogP contribution in [0.3, 0.4) is 0 Å². The van der Waals surface area contributed by atoms with Gasteiger partial charge in [0.1, 0.15) is 11.9 Å². The molecule has 0 aliphatic carbocycles. The normalized spacial score (nSPS) is 16.4. The molecule has 6 heteroatoms. The van der Waals surface area contributed by atoms with Crippen molar-refractivity contribution >= 4 is 16.7 Å². The second kappa shape index (κ2) is 7.13. The first kappa shape index (κ1) is 17.6. The summed E-state index contributed by atoms with van der Waals surface area (Å²) in [5.74, 6) is 0.450.